The van der Waals surface area contributed by atoms with Crippen molar-refractivity contribution in [2.45, 2.75) is 0 Å². The van der Waals surface area contributed by atoms with Gasteiger partial charge in [-0.05, 0) is 48.2 Å². The molecule has 0 spiro atoms. The van der Waals surface area contributed by atoms with Crippen LogP contribution in [0.15, 0.2) is 53.4 Å². The second kappa shape index (κ2) is 8.37. The molecule has 1 aliphatic rings. The van der Waals surface area contributed by atoms with Gasteiger partial charge in [0.1, 0.15) is 5.82 Å². The van der Waals surface area contributed by atoms with Gasteiger partial charge >= 0.3 is 0 Å². The van der Waals surface area contributed by atoms with E-state index < -0.39 is 17.0 Å². The molecule has 1 saturated heterocycles. The molecule has 5 nitrogen and oxygen atoms in total. The van der Waals surface area contributed by atoms with Crippen molar-refractivity contribution in [1.82, 2.24) is 10.2 Å². The van der Waals surface area contributed by atoms with Crippen LogP contribution in [0.25, 0.3) is 6.08 Å². The fourth-order valence-corrected chi connectivity index (χ4v) is 3.39. The number of rotatable bonds is 5. The van der Waals surface area contributed by atoms with E-state index in [2.05, 4.69) is 5.32 Å². The molecule has 0 radical (unpaired) electrons. The number of nitrogens with zero attached hydrogens (tertiary/aromatic N) is 1. The highest BCUT2D eigenvalue weighted by atomic mass is 35.5. The van der Waals surface area contributed by atoms with Crippen LogP contribution in [0.4, 0.5) is 9.18 Å². The molecule has 2 aromatic rings. The molecule has 138 valence electrons. The van der Waals surface area contributed by atoms with E-state index in [1.165, 1.54) is 18.2 Å². The molecule has 0 bridgehead atoms. The summed E-state index contributed by atoms with van der Waals surface area (Å²) in [6.45, 7) is 0.130. The molecule has 0 aliphatic carbocycles. The molecule has 1 aliphatic heterocycles. The van der Waals surface area contributed by atoms with Gasteiger partial charge in [0.05, 0.1) is 4.91 Å². The standard InChI is InChI=1S/C19H14ClFN2O3S/c20-14-7-5-12(6-8-14)17(24)22-9-10-23-18(25)16(27-19(23)26)11-13-3-1-2-4-15(13)21/h1-8,11H,9-10H2,(H,22,24)/b16-11-. The lowest BCUT2D eigenvalue weighted by molar-refractivity contribution is -0.122. The molecule has 3 amide bonds. The Morgan fingerprint density at radius 3 is 2.56 bits per heavy atom. The third kappa shape index (κ3) is 4.56. The van der Waals surface area contributed by atoms with Gasteiger partial charge in [0, 0.05) is 29.2 Å². The van der Waals surface area contributed by atoms with Gasteiger partial charge in [0.2, 0.25) is 0 Å². The van der Waals surface area contributed by atoms with Crippen molar-refractivity contribution in [1.29, 1.82) is 0 Å². The maximum absolute atomic E-state index is 13.7. The van der Waals surface area contributed by atoms with Crippen molar-refractivity contribution in [3.63, 3.8) is 0 Å². The minimum Gasteiger partial charge on any atom is -0.350 e. The zero-order valence-electron chi connectivity index (χ0n) is 13.9. The number of thioether (sulfide) groups is 1. The normalized spacial score (nSPS) is 15.5. The average molecular weight is 405 g/mol. The monoisotopic (exact) mass is 404 g/mol. The Balaban J connectivity index is 1.60. The van der Waals surface area contributed by atoms with Crippen LogP contribution >= 0.6 is 23.4 Å². The average Bonchev–Trinajstić information content (AvgIpc) is 2.91. The summed E-state index contributed by atoms with van der Waals surface area (Å²) in [5.41, 5.74) is 0.659. The second-order valence-corrected chi connectivity index (χ2v) is 7.05. The number of carbonyl (C=O) groups is 3. The van der Waals surface area contributed by atoms with Gasteiger partial charge in [-0.3, -0.25) is 19.3 Å². The summed E-state index contributed by atoms with van der Waals surface area (Å²) in [5.74, 6) is -1.31. The lowest BCUT2D eigenvalue weighted by Gasteiger charge is -2.13. The van der Waals surface area contributed by atoms with Crippen LogP contribution < -0.4 is 5.32 Å². The highest BCUT2D eigenvalue weighted by Gasteiger charge is 2.34. The van der Waals surface area contributed by atoms with E-state index in [9.17, 15) is 18.8 Å². The van der Waals surface area contributed by atoms with Gasteiger partial charge in [-0.2, -0.15) is 0 Å². The number of imide groups is 1. The summed E-state index contributed by atoms with van der Waals surface area (Å²) in [6, 6.07) is 12.3. The molecule has 0 aromatic heterocycles. The molecule has 3 rings (SSSR count). The maximum atomic E-state index is 13.7. The van der Waals surface area contributed by atoms with Gasteiger partial charge in [-0.25, -0.2) is 4.39 Å². The molecular weight excluding hydrogens is 391 g/mol. The summed E-state index contributed by atoms with van der Waals surface area (Å²) < 4.78 is 13.7. The van der Waals surface area contributed by atoms with Crippen LogP contribution in [0, 0.1) is 5.82 Å². The third-order valence-corrected chi connectivity index (χ3v) is 4.95. The summed E-state index contributed by atoms with van der Waals surface area (Å²) in [5, 5.41) is 2.71. The Morgan fingerprint density at radius 2 is 1.85 bits per heavy atom. The fraction of sp³-hybridized carbons (Fsp3) is 0.105. The molecule has 0 unspecified atom stereocenters. The molecule has 1 fully saturated rings. The zero-order valence-corrected chi connectivity index (χ0v) is 15.5. The van der Waals surface area contributed by atoms with Crippen molar-refractivity contribution < 1.29 is 18.8 Å². The number of carbonyl (C=O) groups excluding carboxylic acids is 3. The van der Waals surface area contributed by atoms with Gasteiger partial charge in [0.25, 0.3) is 17.1 Å². The lowest BCUT2D eigenvalue weighted by Crippen LogP contribution is -2.37. The Bertz CT molecular complexity index is 931. The zero-order chi connectivity index (χ0) is 19.4. The minimum absolute atomic E-state index is 0.0264. The minimum atomic E-state index is -0.506. The van der Waals surface area contributed by atoms with E-state index in [4.69, 9.17) is 11.6 Å². The SMILES string of the molecule is O=C(NCCN1C(=O)S/C(=C\c2ccccc2F)C1=O)c1ccc(Cl)cc1. The van der Waals surface area contributed by atoms with Crippen LogP contribution in [-0.2, 0) is 4.79 Å². The number of amides is 3. The summed E-state index contributed by atoms with van der Waals surface area (Å²) in [6.07, 6.45) is 1.35. The third-order valence-electron chi connectivity index (χ3n) is 3.79. The quantitative estimate of drug-likeness (QED) is 0.766. The Morgan fingerprint density at radius 1 is 1.15 bits per heavy atom. The van der Waals surface area contributed by atoms with E-state index in [0.29, 0.717) is 10.6 Å². The Hall–Kier alpha value is -2.64. The first kappa shape index (κ1) is 19.1. The van der Waals surface area contributed by atoms with E-state index in [1.54, 1.807) is 36.4 Å². The van der Waals surface area contributed by atoms with Crippen molar-refractivity contribution in [3.8, 4) is 0 Å². The van der Waals surface area contributed by atoms with Gasteiger partial charge in [-0.1, -0.05) is 29.8 Å². The number of halogens is 2. The van der Waals surface area contributed by atoms with Crippen molar-refractivity contribution in [2.75, 3.05) is 13.1 Å². The van der Waals surface area contributed by atoms with Crippen molar-refractivity contribution >= 4 is 46.5 Å². The lowest BCUT2D eigenvalue weighted by atomic mass is 10.2. The molecule has 27 heavy (non-hydrogen) atoms. The van der Waals surface area contributed by atoms with Crippen LogP contribution in [0.1, 0.15) is 15.9 Å². The highest BCUT2D eigenvalue weighted by molar-refractivity contribution is 8.18. The van der Waals surface area contributed by atoms with Gasteiger partial charge in [-0.15, -0.1) is 0 Å². The maximum Gasteiger partial charge on any atom is 0.293 e. The van der Waals surface area contributed by atoms with Crippen LogP contribution in [0.2, 0.25) is 5.02 Å². The summed E-state index contributed by atoms with van der Waals surface area (Å²) >= 11 is 6.52. The number of hydrogen-bond acceptors (Lipinski definition) is 4. The largest absolute Gasteiger partial charge is 0.350 e. The predicted octanol–water partition coefficient (Wildman–Crippen LogP) is 3.95. The molecule has 0 saturated carbocycles. The van der Waals surface area contributed by atoms with E-state index in [-0.39, 0.29) is 29.5 Å². The molecule has 8 heteroatoms. The second-order valence-electron chi connectivity index (χ2n) is 5.62. The molecule has 1 N–H and O–H groups in total. The molecule has 0 atom stereocenters. The van der Waals surface area contributed by atoms with E-state index in [1.807, 2.05) is 0 Å². The first-order valence-electron chi connectivity index (χ1n) is 7.99. The molecule has 1 heterocycles. The first-order chi connectivity index (χ1) is 13.0. The van der Waals surface area contributed by atoms with Gasteiger partial charge < -0.3 is 5.32 Å². The van der Waals surface area contributed by atoms with Gasteiger partial charge in [0.15, 0.2) is 0 Å². The summed E-state index contributed by atoms with van der Waals surface area (Å²) in [4.78, 5) is 37.7. The summed E-state index contributed by atoms with van der Waals surface area (Å²) in [7, 11) is 0. The first-order valence-corrected chi connectivity index (χ1v) is 9.19. The molecule has 2 aromatic carbocycles. The number of benzene rings is 2. The molecular formula is C19H14ClFN2O3S. The van der Waals surface area contributed by atoms with Crippen LogP contribution in [0.3, 0.4) is 0 Å². The highest BCUT2D eigenvalue weighted by Crippen LogP contribution is 2.32. The smallest absolute Gasteiger partial charge is 0.293 e. The Labute approximate surface area is 164 Å². The van der Waals surface area contributed by atoms with E-state index >= 15 is 0 Å². The van der Waals surface area contributed by atoms with Crippen LogP contribution in [-0.4, -0.2) is 35.0 Å². The predicted molar refractivity (Wildman–Crippen MR) is 103 cm³/mol. The van der Waals surface area contributed by atoms with E-state index in [0.717, 1.165) is 16.7 Å². The van der Waals surface area contributed by atoms with Crippen molar-refractivity contribution in [2.24, 2.45) is 0 Å². The Kier molecular flexibility index (Phi) is 5.93. The van der Waals surface area contributed by atoms with Crippen molar-refractivity contribution in [3.05, 3.63) is 75.4 Å². The fourth-order valence-electron chi connectivity index (χ4n) is 2.41. The van der Waals surface area contributed by atoms with Crippen LogP contribution in [0.5, 0.6) is 0 Å². The topological polar surface area (TPSA) is 66.5 Å². The number of hydrogen-bond donors (Lipinski definition) is 1. The number of nitrogens with one attached hydrogen (secondary N) is 1.